The van der Waals surface area contributed by atoms with Gasteiger partial charge in [-0.15, -0.1) is 0 Å². The van der Waals surface area contributed by atoms with Crippen molar-refractivity contribution in [2.24, 2.45) is 5.10 Å². The number of rotatable bonds is 7. The highest BCUT2D eigenvalue weighted by molar-refractivity contribution is 6.00. The fourth-order valence-corrected chi connectivity index (χ4v) is 2.71. The minimum atomic E-state index is -0.439. The summed E-state index contributed by atoms with van der Waals surface area (Å²) in [5.41, 5.74) is 4.58. The molecule has 1 heterocycles. The van der Waals surface area contributed by atoms with Crippen LogP contribution in [0.15, 0.2) is 53.6 Å². The van der Waals surface area contributed by atoms with Crippen LogP contribution in [0.1, 0.15) is 18.1 Å². The molecule has 2 aromatic rings. The Morgan fingerprint density at radius 2 is 1.90 bits per heavy atom. The van der Waals surface area contributed by atoms with Gasteiger partial charge < -0.3 is 19.5 Å². The Morgan fingerprint density at radius 1 is 1.13 bits per heavy atom. The first-order chi connectivity index (χ1) is 14.6. The summed E-state index contributed by atoms with van der Waals surface area (Å²) in [5, 5.41) is 6.58. The van der Waals surface area contributed by atoms with E-state index in [-0.39, 0.29) is 6.54 Å². The van der Waals surface area contributed by atoms with Crippen LogP contribution in [0.5, 0.6) is 17.2 Å². The molecule has 3 rings (SSSR count). The molecule has 0 saturated carbocycles. The van der Waals surface area contributed by atoms with Crippen molar-refractivity contribution in [3.8, 4) is 17.2 Å². The maximum atomic E-state index is 12.0. The summed E-state index contributed by atoms with van der Waals surface area (Å²) in [6.07, 6.45) is 2.96. The van der Waals surface area contributed by atoms with Crippen LogP contribution >= 0.6 is 0 Å². The normalized spacial score (nSPS) is 13.1. The van der Waals surface area contributed by atoms with Crippen molar-refractivity contribution >= 4 is 23.6 Å². The lowest BCUT2D eigenvalue weighted by atomic mass is 10.1. The summed E-state index contributed by atoms with van der Waals surface area (Å²) >= 11 is 0. The molecular weight excluding hydrogens is 386 g/mol. The first-order valence-electron chi connectivity index (χ1n) is 9.39. The number of methoxy groups -OCH3 is 1. The maximum absolute atomic E-state index is 12.0. The molecule has 0 saturated heterocycles. The van der Waals surface area contributed by atoms with E-state index in [9.17, 15) is 9.59 Å². The molecular formula is C22H23N3O5. The molecule has 0 radical (unpaired) electrons. The standard InChI is InChI=1S/C22H23N3O5/c1-15(17-7-9-19-20(13-17)30-12-11-29-19)24-25-22(27)14-23-21(26)10-8-16-5-3-4-6-18(16)28-2/h3-10,13H,11-12,14H2,1-2H3,(H,23,26)(H,25,27)/b10-8+,24-15+. The number of hydrazone groups is 1. The summed E-state index contributed by atoms with van der Waals surface area (Å²) in [7, 11) is 1.56. The number of para-hydroxylation sites is 1. The van der Waals surface area contributed by atoms with Crippen molar-refractivity contribution in [3.05, 3.63) is 59.7 Å². The quantitative estimate of drug-likeness (QED) is 0.415. The van der Waals surface area contributed by atoms with Gasteiger partial charge in [0.2, 0.25) is 5.91 Å². The Balaban J connectivity index is 1.49. The van der Waals surface area contributed by atoms with Gasteiger partial charge in [0.1, 0.15) is 19.0 Å². The van der Waals surface area contributed by atoms with Crippen LogP contribution < -0.4 is 25.0 Å². The Kier molecular flexibility index (Phi) is 7.05. The third-order valence-corrected chi connectivity index (χ3v) is 4.28. The Labute approximate surface area is 174 Å². The van der Waals surface area contributed by atoms with Crippen molar-refractivity contribution in [1.82, 2.24) is 10.7 Å². The van der Waals surface area contributed by atoms with Gasteiger partial charge in [0.25, 0.3) is 5.91 Å². The summed E-state index contributed by atoms with van der Waals surface area (Å²) in [6, 6.07) is 12.8. The average Bonchev–Trinajstić information content (AvgIpc) is 2.79. The zero-order valence-electron chi connectivity index (χ0n) is 16.8. The second kappa shape index (κ2) is 10.1. The summed E-state index contributed by atoms with van der Waals surface area (Å²) in [4.78, 5) is 23.9. The molecule has 2 N–H and O–H groups in total. The molecule has 0 aromatic heterocycles. The lowest BCUT2D eigenvalue weighted by Gasteiger charge is -2.18. The molecule has 2 aromatic carbocycles. The number of carbonyl (C=O) groups excluding carboxylic acids is 2. The van der Waals surface area contributed by atoms with Gasteiger partial charge in [-0.1, -0.05) is 18.2 Å². The lowest BCUT2D eigenvalue weighted by Crippen LogP contribution is -2.34. The van der Waals surface area contributed by atoms with E-state index < -0.39 is 11.8 Å². The molecule has 8 nitrogen and oxygen atoms in total. The Hall–Kier alpha value is -3.81. The van der Waals surface area contributed by atoms with Crippen molar-refractivity contribution in [3.63, 3.8) is 0 Å². The van der Waals surface area contributed by atoms with Crippen LogP contribution in [0.2, 0.25) is 0 Å². The third-order valence-electron chi connectivity index (χ3n) is 4.28. The van der Waals surface area contributed by atoms with E-state index in [0.717, 1.165) is 11.1 Å². The minimum absolute atomic E-state index is 0.201. The number of nitrogens with zero attached hydrogens (tertiary/aromatic N) is 1. The zero-order valence-corrected chi connectivity index (χ0v) is 16.8. The number of fused-ring (bicyclic) bond motifs is 1. The molecule has 0 fully saturated rings. The minimum Gasteiger partial charge on any atom is -0.496 e. The Morgan fingerprint density at radius 3 is 2.70 bits per heavy atom. The van der Waals surface area contributed by atoms with Gasteiger partial charge in [0.05, 0.1) is 19.4 Å². The molecule has 0 atom stereocenters. The predicted molar refractivity (Wildman–Crippen MR) is 113 cm³/mol. The third kappa shape index (κ3) is 5.60. The summed E-state index contributed by atoms with van der Waals surface area (Å²) in [5.74, 6) is 1.15. The summed E-state index contributed by atoms with van der Waals surface area (Å²) < 4.78 is 16.3. The number of carbonyl (C=O) groups is 2. The van der Waals surface area contributed by atoms with E-state index in [1.165, 1.54) is 6.08 Å². The van der Waals surface area contributed by atoms with E-state index in [0.29, 0.717) is 36.2 Å². The topological polar surface area (TPSA) is 98.2 Å². The van der Waals surface area contributed by atoms with Crippen LogP contribution in [0.25, 0.3) is 6.08 Å². The highest BCUT2D eigenvalue weighted by atomic mass is 16.6. The fraction of sp³-hybridized carbons (Fsp3) is 0.227. The molecule has 1 aliphatic rings. The smallest absolute Gasteiger partial charge is 0.259 e. The Bertz CT molecular complexity index is 984. The van der Waals surface area contributed by atoms with Crippen LogP contribution in [-0.2, 0) is 9.59 Å². The maximum Gasteiger partial charge on any atom is 0.259 e. The van der Waals surface area contributed by atoms with Gasteiger partial charge in [-0.25, -0.2) is 5.43 Å². The SMILES string of the molecule is COc1ccccc1/C=C/C(=O)NCC(=O)N/N=C(\C)c1ccc2c(c1)OCCO2. The molecule has 2 amide bonds. The number of amides is 2. The van der Waals surface area contributed by atoms with Crippen molar-refractivity contribution < 1.29 is 23.8 Å². The molecule has 0 bridgehead atoms. The largest absolute Gasteiger partial charge is 0.496 e. The first kappa shape index (κ1) is 20.9. The van der Waals surface area contributed by atoms with Crippen LogP contribution in [-0.4, -0.2) is 44.4 Å². The number of benzene rings is 2. The van der Waals surface area contributed by atoms with Gasteiger partial charge in [0.15, 0.2) is 11.5 Å². The fourth-order valence-electron chi connectivity index (χ4n) is 2.71. The molecule has 1 aliphatic heterocycles. The van der Waals surface area contributed by atoms with Crippen molar-refractivity contribution in [2.75, 3.05) is 26.9 Å². The number of nitrogens with one attached hydrogen (secondary N) is 2. The second-order valence-corrected chi connectivity index (χ2v) is 6.38. The number of hydrogen-bond donors (Lipinski definition) is 2. The van der Waals surface area contributed by atoms with E-state index >= 15 is 0 Å². The monoisotopic (exact) mass is 409 g/mol. The van der Waals surface area contributed by atoms with Gasteiger partial charge in [-0.3, -0.25) is 9.59 Å². The highest BCUT2D eigenvalue weighted by Crippen LogP contribution is 2.30. The van der Waals surface area contributed by atoms with Gasteiger partial charge in [0, 0.05) is 17.2 Å². The highest BCUT2D eigenvalue weighted by Gasteiger charge is 2.13. The van der Waals surface area contributed by atoms with Crippen LogP contribution in [0, 0.1) is 0 Å². The van der Waals surface area contributed by atoms with E-state index in [1.807, 2.05) is 30.3 Å². The molecule has 30 heavy (non-hydrogen) atoms. The molecule has 0 aliphatic carbocycles. The van der Waals surface area contributed by atoms with Gasteiger partial charge in [-0.05, 0) is 37.3 Å². The van der Waals surface area contributed by atoms with Crippen molar-refractivity contribution in [1.29, 1.82) is 0 Å². The van der Waals surface area contributed by atoms with E-state index in [2.05, 4.69) is 15.8 Å². The number of hydrogen-bond acceptors (Lipinski definition) is 6. The molecule has 0 unspecified atom stereocenters. The van der Waals surface area contributed by atoms with E-state index in [4.69, 9.17) is 14.2 Å². The van der Waals surface area contributed by atoms with Gasteiger partial charge >= 0.3 is 0 Å². The number of ether oxygens (including phenoxy) is 3. The van der Waals surface area contributed by atoms with Gasteiger partial charge in [-0.2, -0.15) is 5.10 Å². The second-order valence-electron chi connectivity index (χ2n) is 6.38. The summed E-state index contributed by atoms with van der Waals surface area (Å²) in [6.45, 7) is 2.58. The molecule has 0 spiro atoms. The van der Waals surface area contributed by atoms with E-state index in [1.54, 1.807) is 32.2 Å². The lowest BCUT2D eigenvalue weighted by molar-refractivity contribution is -0.123. The molecule has 156 valence electrons. The first-order valence-corrected chi connectivity index (χ1v) is 9.39. The average molecular weight is 409 g/mol. The predicted octanol–water partition coefficient (Wildman–Crippen LogP) is 2.14. The zero-order chi connectivity index (χ0) is 21.3. The van der Waals surface area contributed by atoms with Crippen LogP contribution in [0.4, 0.5) is 0 Å². The van der Waals surface area contributed by atoms with Crippen molar-refractivity contribution in [2.45, 2.75) is 6.92 Å². The van der Waals surface area contributed by atoms with Crippen LogP contribution in [0.3, 0.4) is 0 Å². The molecule has 8 heteroatoms.